The minimum atomic E-state index is -0.127. The third-order valence-corrected chi connectivity index (χ3v) is 4.07. The van der Waals surface area contributed by atoms with Gasteiger partial charge in [0.15, 0.2) is 0 Å². The molecule has 1 aromatic rings. The maximum Gasteiger partial charge on any atom is 0.123 e. The number of hydrogen-bond acceptors (Lipinski definition) is 1. The molecular formula is C15H22FN. The van der Waals surface area contributed by atoms with E-state index in [4.69, 9.17) is 0 Å². The van der Waals surface area contributed by atoms with Crippen molar-refractivity contribution in [1.82, 2.24) is 5.32 Å². The molecule has 0 saturated heterocycles. The first-order valence-electron chi connectivity index (χ1n) is 6.48. The third-order valence-electron chi connectivity index (χ3n) is 4.07. The van der Waals surface area contributed by atoms with E-state index in [2.05, 4.69) is 12.2 Å². The van der Waals surface area contributed by atoms with Crippen LogP contribution in [-0.4, -0.2) is 7.05 Å². The lowest BCUT2D eigenvalue weighted by molar-refractivity contribution is 0.366. The number of rotatable bonds is 4. The number of hydrogen-bond donors (Lipinski definition) is 1. The van der Waals surface area contributed by atoms with Gasteiger partial charge < -0.3 is 5.32 Å². The van der Waals surface area contributed by atoms with Gasteiger partial charge in [0, 0.05) is 6.04 Å². The Morgan fingerprint density at radius 2 is 1.76 bits per heavy atom. The van der Waals surface area contributed by atoms with E-state index in [0.717, 1.165) is 17.0 Å². The molecule has 0 bridgehead atoms. The Morgan fingerprint density at radius 1 is 1.24 bits per heavy atom. The highest BCUT2D eigenvalue weighted by molar-refractivity contribution is 5.37. The van der Waals surface area contributed by atoms with Gasteiger partial charge in [0.05, 0.1) is 0 Å². The zero-order valence-electron chi connectivity index (χ0n) is 11.2. The zero-order valence-corrected chi connectivity index (χ0v) is 11.2. The lowest BCUT2D eigenvalue weighted by Gasteiger charge is -2.27. The Bertz CT molecular complexity index is 386. The van der Waals surface area contributed by atoms with Gasteiger partial charge in [-0.2, -0.15) is 0 Å². The first-order valence-corrected chi connectivity index (χ1v) is 6.48. The second kappa shape index (κ2) is 4.77. The fraction of sp³-hybridized carbons (Fsp3) is 0.600. The molecule has 1 aliphatic rings. The Morgan fingerprint density at radius 3 is 2.18 bits per heavy atom. The van der Waals surface area contributed by atoms with Gasteiger partial charge in [-0.3, -0.25) is 0 Å². The number of benzene rings is 1. The normalized spacial score (nSPS) is 19.1. The lowest BCUT2D eigenvalue weighted by Crippen LogP contribution is -2.26. The van der Waals surface area contributed by atoms with E-state index < -0.39 is 0 Å². The summed E-state index contributed by atoms with van der Waals surface area (Å²) in [6.45, 7) is 6.33. The summed E-state index contributed by atoms with van der Waals surface area (Å²) < 4.78 is 13.3. The average Bonchev–Trinajstić information content (AvgIpc) is 3.05. The lowest BCUT2D eigenvalue weighted by atomic mass is 9.86. The highest BCUT2D eigenvalue weighted by Crippen LogP contribution is 2.43. The van der Waals surface area contributed by atoms with Crippen molar-refractivity contribution in [3.63, 3.8) is 0 Å². The van der Waals surface area contributed by atoms with Crippen LogP contribution in [0.25, 0.3) is 0 Å². The first kappa shape index (κ1) is 12.6. The number of nitrogens with one attached hydrogen (secondary N) is 1. The van der Waals surface area contributed by atoms with Crippen molar-refractivity contribution in [2.75, 3.05) is 7.05 Å². The fourth-order valence-electron chi connectivity index (χ4n) is 2.98. The van der Waals surface area contributed by atoms with Gasteiger partial charge in [0.1, 0.15) is 5.82 Å². The molecule has 1 N–H and O–H groups in total. The molecule has 1 nitrogen and oxygen atoms in total. The summed E-state index contributed by atoms with van der Waals surface area (Å²) in [6.07, 6.45) is 2.69. The Kier molecular flexibility index (Phi) is 3.53. The summed E-state index contributed by atoms with van der Waals surface area (Å²) in [5, 5.41) is 3.42. The van der Waals surface area contributed by atoms with Crippen molar-refractivity contribution in [1.29, 1.82) is 0 Å². The standard InChI is InChI=1S/C15H22FN/c1-9-7-13(16)8-10(2)14(9)15(17-4)11(3)12-5-6-12/h7-8,11-12,15,17H,5-6H2,1-4H3. The van der Waals surface area contributed by atoms with Crippen molar-refractivity contribution in [3.05, 3.63) is 34.6 Å². The minimum absolute atomic E-state index is 0.127. The van der Waals surface area contributed by atoms with Crippen LogP contribution in [0.3, 0.4) is 0 Å². The van der Waals surface area contributed by atoms with Gasteiger partial charge >= 0.3 is 0 Å². The molecule has 17 heavy (non-hydrogen) atoms. The maximum absolute atomic E-state index is 13.3. The van der Waals surface area contributed by atoms with E-state index >= 15 is 0 Å². The van der Waals surface area contributed by atoms with Crippen LogP contribution in [0.5, 0.6) is 0 Å². The van der Waals surface area contributed by atoms with Crippen molar-refractivity contribution < 1.29 is 4.39 Å². The molecule has 2 unspecified atom stereocenters. The maximum atomic E-state index is 13.3. The van der Waals surface area contributed by atoms with Crippen LogP contribution in [0.4, 0.5) is 4.39 Å². The quantitative estimate of drug-likeness (QED) is 0.838. The van der Waals surface area contributed by atoms with Gasteiger partial charge in [-0.05, 0) is 74.4 Å². The van der Waals surface area contributed by atoms with Crippen LogP contribution in [0.15, 0.2) is 12.1 Å². The Balaban J connectivity index is 2.35. The second-order valence-corrected chi connectivity index (χ2v) is 5.42. The molecule has 2 rings (SSSR count). The molecule has 1 fully saturated rings. The molecule has 1 aromatic carbocycles. The molecule has 1 saturated carbocycles. The largest absolute Gasteiger partial charge is 0.313 e. The highest BCUT2D eigenvalue weighted by atomic mass is 19.1. The summed E-state index contributed by atoms with van der Waals surface area (Å²) in [6, 6.07) is 3.64. The van der Waals surface area contributed by atoms with Gasteiger partial charge in [-0.1, -0.05) is 6.92 Å². The molecule has 0 aliphatic heterocycles. The topological polar surface area (TPSA) is 12.0 Å². The SMILES string of the molecule is CNC(c1c(C)cc(F)cc1C)C(C)C1CC1. The second-order valence-electron chi connectivity index (χ2n) is 5.42. The predicted octanol–water partition coefficient (Wildman–Crippen LogP) is 3.75. The molecule has 0 spiro atoms. The fourth-order valence-corrected chi connectivity index (χ4v) is 2.98. The first-order chi connectivity index (χ1) is 8.04. The number of aryl methyl sites for hydroxylation is 2. The van der Waals surface area contributed by atoms with Gasteiger partial charge in [-0.15, -0.1) is 0 Å². The Labute approximate surface area is 103 Å². The van der Waals surface area contributed by atoms with Crippen molar-refractivity contribution in [2.24, 2.45) is 11.8 Å². The molecule has 94 valence electrons. The smallest absolute Gasteiger partial charge is 0.123 e. The van der Waals surface area contributed by atoms with E-state index in [9.17, 15) is 4.39 Å². The van der Waals surface area contributed by atoms with Crippen LogP contribution < -0.4 is 5.32 Å². The molecule has 0 aromatic heterocycles. The van der Waals surface area contributed by atoms with Crippen LogP contribution in [0, 0.1) is 31.5 Å². The molecular weight excluding hydrogens is 213 g/mol. The van der Waals surface area contributed by atoms with Crippen LogP contribution in [-0.2, 0) is 0 Å². The van der Waals surface area contributed by atoms with E-state index in [1.807, 2.05) is 20.9 Å². The van der Waals surface area contributed by atoms with Crippen LogP contribution in [0.2, 0.25) is 0 Å². The average molecular weight is 235 g/mol. The highest BCUT2D eigenvalue weighted by Gasteiger charge is 2.34. The minimum Gasteiger partial charge on any atom is -0.313 e. The van der Waals surface area contributed by atoms with Gasteiger partial charge in [0.25, 0.3) is 0 Å². The summed E-state index contributed by atoms with van der Waals surface area (Å²) in [5.41, 5.74) is 3.41. The van der Waals surface area contributed by atoms with Crippen molar-refractivity contribution in [3.8, 4) is 0 Å². The molecule has 2 atom stereocenters. The summed E-state index contributed by atoms with van der Waals surface area (Å²) in [4.78, 5) is 0. The van der Waals surface area contributed by atoms with Gasteiger partial charge in [0.2, 0.25) is 0 Å². The van der Waals surface area contributed by atoms with E-state index in [1.165, 1.54) is 18.4 Å². The molecule has 1 aliphatic carbocycles. The summed E-state index contributed by atoms with van der Waals surface area (Å²) in [5.74, 6) is 1.34. The van der Waals surface area contributed by atoms with Crippen LogP contribution in [0.1, 0.15) is 42.5 Å². The molecule has 0 heterocycles. The number of halogens is 1. The van der Waals surface area contributed by atoms with Gasteiger partial charge in [-0.25, -0.2) is 4.39 Å². The van der Waals surface area contributed by atoms with Crippen molar-refractivity contribution in [2.45, 2.75) is 39.7 Å². The van der Waals surface area contributed by atoms with E-state index in [-0.39, 0.29) is 5.82 Å². The molecule has 0 radical (unpaired) electrons. The predicted molar refractivity (Wildman–Crippen MR) is 69.6 cm³/mol. The monoisotopic (exact) mass is 235 g/mol. The van der Waals surface area contributed by atoms with Crippen molar-refractivity contribution >= 4 is 0 Å². The van der Waals surface area contributed by atoms with E-state index in [1.54, 1.807) is 12.1 Å². The van der Waals surface area contributed by atoms with Crippen LogP contribution >= 0.6 is 0 Å². The zero-order chi connectivity index (χ0) is 12.6. The Hall–Kier alpha value is -0.890. The third kappa shape index (κ3) is 2.52. The van der Waals surface area contributed by atoms with E-state index in [0.29, 0.717) is 12.0 Å². The molecule has 2 heteroatoms. The summed E-state index contributed by atoms with van der Waals surface area (Å²) in [7, 11) is 2.01. The molecule has 0 amide bonds. The summed E-state index contributed by atoms with van der Waals surface area (Å²) >= 11 is 0.